The number of carbonyl (C=O) groups excluding carboxylic acids is 3. The summed E-state index contributed by atoms with van der Waals surface area (Å²) in [6.45, 7) is 0.407. The number of benzene rings is 4. The number of rotatable bonds is 5. The van der Waals surface area contributed by atoms with E-state index in [4.69, 9.17) is 0 Å². The van der Waals surface area contributed by atoms with E-state index in [0.717, 1.165) is 27.6 Å². The largest absolute Gasteiger partial charge is 0.508 e. The van der Waals surface area contributed by atoms with Crippen molar-refractivity contribution in [1.29, 1.82) is 0 Å². The number of amides is 4. The van der Waals surface area contributed by atoms with E-state index in [-0.39, 0.29) is 43.1 Å². The fraction of sp³-hybridized carbons (Fsp3) is 0.219. The average Bonchev–Trinajstić information content (AvgIpc) is 2.98. The van der Waals surface area contributed by atoms with Crippen LogP contribution >= 0.6 is 0 Å². The molecule has 9 nitrogen and oxygen atoms in total. The molecule has 6 rings (SSSR count). The first kappa shape index (κ1) is 26.3. The summed E-state index contributed by atoms with van der Waals surface area (Å²) in [6.07, 6.45) is -0.484. The number of hydrogen-bond donors (Lipinski definition) is 2. The van der Waals surface area contributed by atoms with E-state index in [0.29, 0.717) is 6.54 Å². The summed E-state index contributed by atoms with van der Waals surface area (Å²) in [5, 5.41) is 17.9. The second-order valence-electron chi connectivity index (χ2n) is 10.4. The Morgan fingerprint density at radius 2 is 1.59 bits per heavy atom. The summed E-state index contributed by atoms with van der Waals surface area (Å²) in [5.74, 6) is -0.316. The zero-order chi connectivity index (χ0) is 28.5. The monoisotopic (exact) mass is 549 g/mol. The number of nitrogens with one attached hydrogen (secondary N) is 1. The van der Waals surface area contributed by atoms with Gasteiger partial charge >= 0.3 is 6.03 Å². The Kier molecular flexibility index (Phi) is 7.03. The quantitative estimate of drug-likeness (QED) is 0.396. The van der Waals surface area contributed by atoms with E-state index in [1.165, 1.54) is 0 Å². The van der Waals surface area contributed by atoms with E-state index in [1.807, 2.05) is 72.8 Å². The lowest BCUT2D eigenvalue weighted by atomic mass is 9.97. The first-order chi connectivity index (χ1) is 19.9. The van der Waals surface area contributed by atoms with Gasteiger partial charge in [0.05, 0.1) is 18.8 Å². The fourth-order valence-electron chi connectivity index (χ4n) is 5.81. The molecule has 2 aliphatic rings. The molecule has 4 amide bonds. The van der Waals surface area contributed by atoms with Crippen LogP contribution in [0.5, 0.6) is 5.75 Å². The van der Waals surface area contributed by atoms with Gasteiger partial charge in [-0.25, -0.2) is 14.8 Å². The van der Waals surface area contributed by atoms with Crippen LogP contribution in [0, 0.1) is 0 Å². The van der Waals surface area contributed by atoms with Crippen molar-refractivity contribution in [3.05, 3.63) is 108 Å². The molecule has 2 N–H and O–H groups in total. The maximum Gasteiger partial charge on any atom is 0.334 e. The molecule has 2 heterocycles. The first-order valence-corrected chi connectivity index (χ1v) is 13.6. The molecule has 2 saturated heterocycles. The smallest absolute Gasteiger partial charge is 0.334 e. The Balaban J connectivity index is 1.39. The van der Waals surface area contributed by atoms with Crippen LogP contribution in [-0.2, 0) is 22.6 Å². The molecule has 0 saturated carbocycles. The second-order valence-corrected chi connectivity index (χ2v) is 10.4. The Labute approximate surface area is 238 Å². The van der Waals surface area contributed by atoms with Gasteiger partial charge in [0.1, 0.15) is 18.0 Å². The van der Waals surface area contributed by atoms with Crippen LogP contribution in [0.4, 0.5) is 10.5 Å². The lowest BCUT2D eigenvalue weighted by Gasteiger charge is -2.54. The Hall–Kier alpha value is -4.89. The minimum Gasteiger partial charge on any atom is -0.508 e. The van der Waals surface area contributed by atoms with Crippen molar-refractivity contribution in [3.8, 4) is 5.75 Å². The van der Waals surface area contributed by atoms with Crippen LogP contribution in [0.25, 0.3) is 10.8 Å². The van der Waals surface area contributed by atoms with Crippen LogP contribution in [0.2, 0.25) is 0 Å². The SMILES string of the molecule is CN1CC(=O)N2C(Cc3ccc(O)cc3)C(=O)N(c3cccc4ccccc34)CC2N1C(=O)NCc1ccccc1. The number of carbonyl (C=O) groups is 3. The normalized spacial score (nSPS) is 19.4. The minimum atomic E-state index is -0.845. The second kappa shape index (κ2) is 10.9. The van der Waals surface area contributed by atoms with Crippen LogP contribution in [0.15, 0.2) is 97.1 Å². The Morgan fingerprint density at radius 3 is 2.37 bits per heavy atom. The van der Waals surface area contributed by atoms with Gasteiger partial charge < -0.3 is 20.2 Å². The number of urea groups is 1. The summed E-state index contributed by atoms with van der Waals surface area (Å²) in [4.78, 5) is 44.8. The minimum absolute atomic E-state index is 0.0388. The summed E-state index contributed by atoms with van der Waals surface area (Å²) in [6, 6.07) is 28.7. The van der Waals surface area contributed by atoms with Gasteiger partial charge in [-0.3, -0.25) is 9.59 Å². The third-order valence-electron chi connectivity index (χ3n) is 7.77. The molecule has 208 valence electrons. The summed E-state index contributed by atoms with van der Waals surface area (Å²) in [7, 11) is 1.71. The van der Waals surface area contributed by atoms with Crippen molar-refractivity contribution < 1.29 is 19.5 Å². The van der Waals surface area contributed by atoms with Gasteiger partial charge in [-0.2, -0.15) is 0 Å². The number of hydrogen-bond acceptors (Lipinski definition) is 5. The summed E-state index contributed by atoms with van der Waals surface area (Å²) < 4.78 is 0. The third-order valence-corrected chi connectivity index (χ3v) is 7.77. The van der Waals surface area contributed by atoms with Gasteiger partial charge in [0.25, 0.3) is 0 Å². The molecular weight excluding hydrogens is 518 g/mol. The topological polar surface area (TPSA) is 96.4 Å². The molecule has 0 spiro atoms. The highest BCUT2D eigenvalue weighted by atomic mass is 16.3. The highest BCUT2D eigenvalue weighted by Gasteiger charge is 2.51. The molecule has 2 atom stereocenters. The highest BCUT2D eigenvalue weighted by molar-refractivity contribution is 6.07. The number of fused-ring (bicyclic) bond motifs is 2. The predicted molar refractivity (Wildman–Crippen MR) is 156 cm³/mol. The molecule has 9 heteroatoms. The maximum absolute atomic E-state index is 14.3. The van der Waals surface area contributed by atoms with Crippen molar-refractivity contribution >= 4 is 34.3 Å². The van der Waals surface area contributed by atoms with E-state index in [2.05, 4.69) is 5.32 Å². The van der Waals surface area contributed by atoms with E-state index < -0.39 is 12.2 Å². The van der Waals surface area contributed by atoms with Gasteiger partial charge in [0, 0.05) is 25.4 Å². The first-order valence-electron chi connectivity index (χ1n) is 13.6. The van der Waals surface area contributed by atoms with E-state index in [9.17, 15) is 19.5 Å². The van der Waals surface area contributed by atoms with Crippen LogP contribution in [-0.4, -0.2) is 70.2 Å². The molecular formula is C32H31N5O4. The van der Waals surface area contributed by atoms with Crippen LogP contribution < -0.4 is 10.2 Å². The van der Waals surface area contributed by atoms with Crippen molar-refractivity contribution in [2.75, 3.05) is 25.0 Å². The molecule has 41 heavy (non-hydrogen) atoms. The van der Waals surface area contributed by atoms with Crippen molar-refractivity contribution in [2.24, 2.45) is 0 Å². The summed E-state index contributed by atoms with van der Waals surface area (Å²) in [5.41, 5.74) is 2.48. The molecule has 0 bridgehead atoms. The molecule has 0 aromatic heterocycles. The number of phenolic OH excluding ortho intramolecular Hbond substituents is 1. The number of phenols is 1. The van der Waals surface area contributed by atoms with E-state index in [1.54, 1.807) is 51.1 Å². The zero-order valence-corrected chi connectivity index (χ0v) is 22.7. The Bertz CT molecular complexity index is 1590. The summed E-state index contributed by atoms with van der Waals surface area (Å²) >= 11 is 0. The van der Waals surface area contributed by atoms with Gasteiger partial charge in [-0.1, -0.05) is 78.9 Å². The number of hydrazine groups is 1. The number of aromatic hydroxyl groups is 1. The van der Waals surface area contributed by atoms with Gasteiger partial charge in [-0.05, 0) is 34.7 Å². The molecule has 4 aromatic rings. The van der Waals surface area contributed by atoms with E-state index >= 15 is 0 Å². The standard InChI is InChI=1S/C32H31N5O4/c1-34-21-30(39)36-28(18-22-14-16-25(38)17-15-22)31(40)35(27-13-7-11-24-10-5-6-12-26(24)27)20-29(36)37(34)32(41)33-19-23-8-3-2-4-9-23/h2-17,28-29,38H,18-21H2,1H3,(H,33,41). The number of nitrogens with zero attached hydrogens (tertiary/aromatic N) is 4. The fourth-order valence-corrected chi connectivity index (χ4v) is 5.81. The van der Waals surface area contributed by atoms with Crippen LogP contribution in [0.1, 0.15) is 11.1 Å². The van der Waals surface area contributed by atoms with Gasteiger partial charge in [-0.15, -0.1) is 0 Å². The molecule has 2 fully saturated rings. The van der Waals surface area contributed by atoms with Gasteiger partial charge in [0.2, 0.25) is 11.8 Å². The average molecular weight is 550 g/mol. The molecule has 2 aliphatic heterocycles. The van der Waals surface area contributed by atoms with Crippen LogP contribution in [0.3, 0.4) is 0 Å². The maximum atomic E-state index is 14.3. The lowest BCUT2D eigenvalue weighted by Crippen LogP contribution is -2.76. The highest BCUT2D eigenvalue weighted by Crippen LogP contribution is 2.34. The van der Waals surface area contributed by atoms with Crippen molar-refractivity contribution in [1.82, 2.24) is 20.2 Å². The van der Waals surface area contributed by atoms with Gasteiger partial charge in [0.15, 0.2) is 0 Å². The lowest BCUT2D eigenvalue weighted by molar-refractivity contribution is -0.174. The molecule has 2 unspecified atom stereocenters. The number of likely N-dealkylation sites (N-methyl/N-ethyl adjacent to an activating group) is 1. The zero-order valence-electron chi connectivity index (χ0n) is 22.7. The Morgan fingerprint density at radius 1 is 0.878 bits per heavy atom. The van der Waals surface area contributed by atoms with Crippen molar-refractivity contribution in [2.45, 2.75) is 25.2 Å². The molecule has 0 radical (unpaired) electrons. The number of piperazine rings is 1. The molecule has 0 aliphatic carbocycles. The third kappa shape index (κ3) is 5.07. The number of anilines is 1. The molecule has 4 aromatic carbocycles. The van der Waals surface area contributed by atoms with Crippen molar-refractivity contribution in [3.63, 3.8) is 0 Å². The predicted octanol–water partition coefficient (Wildman–Crippen LogP) is 3.73.